The first kappa shape index (κ1) is 23.7. The Morgan fingerprint density at radius 2 is 1.71 bits per heavy atom. The van der Waals surface area contributed by atoms with Crippen LogP contribution in [0.2, 0.25) is 0 Å². The minimum atomic E-state index is -0.125. The average molecular weight is 553 g/mol. The molecule has 3 aromatic rings. The zero-order valence-corrected chi connectivity index (χ0v) is 19.6. The summed E-state index contributed by atoms with van der Waals surface area (Å²) in [5, 5.41) is 9.59. The fourth-order valence-corrected chi connectivity index (χ4v) is 2.97. The predicted molar refractivity (Wildman–Crippen MR) is 112 cm³/mol. The van der Waals surface area contributed by atoms with Crippen molar-refractivity contribution in [2.24, 2.45) is 0 Å². The van der Waals surface area contributed by atoms with Crippen molar-refractivity contribution in [1.82, 2.24) is 4.98 Å². The number of nitrogens with zero attached hydrogens (tertiary/aromatic N) is 1. The molecule has 149 valence electrons. The van der Waals surface area contributed by atoms with Gasteiger partial charge in [-0.1, -0.05) is 32.0 Å². The molecule has 0 saturated carbocycles. The molecule has 0 bridgehead atoms. The second kappa shape index (κ2) is 10.3. The van der Waals surface area contributed by atoms with Gasteiger partial charge < -0.3 is 5.11 Å². The fraction of sp³-hybridized carbons (Fsp3) is 0.250. The molecule has 0 saturated heterocycles. The summed E-state index contributed by atoms with van der Waals surface area (Å²) in [5.41, 5.74) is 8.24. The largest absolute Gasteiger partial charge is 0.512 e. The number of aromatic nitrogens is 1. The Morgan fingerprint density at radius 1 is 1.04 bits per heavy atom. The summed E-state index contributed by atoms with van der Waals surface area (Å²) in [6, 6.07) is 16.0. The van der Waals surface area contributed by atoms with E-state index < -0.39 is 0 Å². The van der Waals surface area contributed by atoms with E-state index in [1.807, 2.05) is 6.07 Å². The molecule has 1 aromatic heterocycles. The van der Waals surface area contributed by atoms with Gasteiger partial charge in [0.05, 0.1) is 11.3 Å². The van der Waals surface area contributed by atoms with E-state index >= 15 is 0 Å². The van der Waals surface area contributed by atoms with Gasteiger partial charge in [-0.2, -0.15) is 0 Å². The number of hydrogen-bond donors (Lipinski definition) is 1. The van der Waals surface area contributed by atoms with Crippen LogP contribution in [-0.2, 0) is 24.9 Å². The number of aliphatic hydroxyl groups is 1. The Morgan fingerprint density at radius 3 is 2.29 bits per heavy atom. The number of ketones is 1. The first-order valence-electron chi connectivity index (χ1n) is 8.93. The molecule has 1 heterocycles. The van der Waals surface area contributed by atoms with Crippen molar-refractivity contribution < 1.29 is 30.0 Å². The topological polar surface area (TPSA) is 50.2 Å². The van der Waals surface area contributed by atoms with E-state index in [0.29, 0.717) is 0 Å². The number of aryl methyl sites for hydroxylation is 3. The molecule has 3 rings (SSSR count). The molecule has 0 aliphatic rings. The van der Waals surface area contributed by atoms with Crippen molar-refractivity contribution in [3.05, 3.63) is 76.6 Å². The number of aliphatic hydroxyl groups excluding tert-OH is 1. The first-order chi connectivity index (χ1) is 12.7. The smallest absolute Gasteiger partial charge is 0.155 e. The molecule has 0 atom stereocenters. The molecule has 4 heteroatoms. The molecule has 1 N–H and O–H groups in total. The third-order valence-corrected chi connectivity index (χ3v) is 4.35. The van der Waals surface area contributed by atoms with Gasteiger partial charge in [0.15, 0.2) is 5.78 Å². The van der Waals surface area contributed by atoms with Crippen molar-refractivity contribution in [2.75, 3.05) is 0 Å². The average Bonchev–Trinajstić information content (AvgIpc) is 2.56. The summed E-state index contributed by atoms with van der Waals surface area (Å²) in [6.07, 6.45) is 1.17. The van der Waals surface area contributed by atoms with Crippen molar-refractivity contribution in [2.45, 2.75) is 41.5 Å². The molecule has 28 heavy (non-hydrogen) atoms. The van der Waals surface area contributed by atoms with Crippen LogP contribution >= 0.6 is 0 Å². The van der Waals surface area contributed by atoms with Crippen LogP contribution in [0.5, 0.6) is 0 Å². The van der Waals surface area contributed by atoms with E-state index in [4.69, 9.17) is 10.1 Å². The fourth-order valence-electron chi connectivity index (χ4n) is 2.97. The van der Waals surface area contributed by atoms with Gasteiger partial charge in [0.1, 0.15) is 0 Å². The summed E-state index contributed by atoms with van der Waals surface area (Å²) < 4.78 is 0. The van der Waals surface area contributed by atoms with Crippen LogP contribution < -0.4 is 0 Å². The summed E-state index contributed by atoms with van der Waals surface area (Å²) in [4.78, 5) is 14.9. The number of hydrogen-bond acceptors (Lipinski definition) is 3. The van der Waals surface area contributed by atoms with Crippen LogP contribution in [0.1, 0.15) is 36.1 Å². The van der Waals surface area contributed by atoms with E-state index in [1.54, 1.807) is 0 Å². The van der Waals surface area contributed by atoms with Crippen LogP contribution in [-0.4, -0.2) is 15.9 Å². The van der Waals surface area contributed by atoms with E-state index in [0.717, 1.165) is 16.8 Å². The Kier molecular flexibility index (Phi) is 8.74. The summed E-state index contributed by atoms with van der Waals surface area (Å²) >= 11 is 0. The minimum Gasteiger partial charge on any atom is -0.512 e. The number of rotatable bonds is 2. The van der Waals surface area contributed by atoms with Crippen LogP contribution in [0.15, 0.2) is 48.2 Å². The van der Waals surface area contributed by atoms with Gasteiger partial charge in [-0.3, -0.25) is 9.78 Å². The third kappa shape index (κ3) is 6.12. The first-order valence-corrected chi connectivity index (χ1v) is 8.93. The number of allylic oxidation sites excluding steroid dienone is 2. The molecule has 0 aliphatic carbocycles. The van der Waals surface area contributed by atoms with Crippen molar-refractivity contribution in [3.63, 3.8) is 0 Å². The molecule has 0 amide bonds. The minimum absolute atomic E-state index is 0. The maximum atomic E-state index is 10.0. The maximum absolute atomic E-state index is 10.0. The molecule has 0 unspecified atom stereocenters. The van der Waals surface area contributed by atoms with E-state index in [9.17, 15) is 4.79 Å². The quantitative estimate of drug-likeness (QED) is 0.242. The number of carbonyl (C=O) groups is 1. The zero-order valence-electron chi connectivity index (χ0n) is 17.2. The van der Waals surface area contributed by atoms with Crippen LogP contribution in [0.4, 0.5) is 0 Å². The van der Waals surface area contributed by atoms with Crippen molar-refractivity contribution in [1.29, 1.82) is 0 Å². The normalized spacial score (nSPS) is 10.7. The monoisotopic (exact) mass is 553 g/mol. The molecule has 3 nitrogen and oxygen atoms in total. The Labute approximate surface area is 180 Å². The number of pyridine rings is 1. The van der Waals surface area contributed by atoms with Crippen molar-refractivity contribution in [3.8, 4) is 11.3 Å². The van der Waals surface area contributed by atoms with E-state index in [1.165, 1.54) is 47.6 Å². The predicted octanol–water partition coefficient (Wildman–Crippen LogP) is 5.97. The Bertz CT molecular complexity index is 1020. The van der Waals surface area contributed by atoms with Gasteiger partial charge in [-0.15, -0.1) is 34.9 Å². The molecule has 0 spiro atoms. The van der Waals surface area contributed by atoms with E-state index in [2.05, 4.69) is 64.1 Å². The Balaban J connectivity index is 0.000000425. The Hall–Kier alpha value is -2.29. The van der Waals surface area contributed by atoms with Crippen LogP contribution in [0, 0.1) is 33.8 Å². The van der Waals surface area contributed by atoms with Gasteiger partial charge in [0, 0.05) is 31.6 Å². The van der Waals surface area contributed by atoms with Gasteiger partial charge >= 0.3 is 0 Å². The summed E-state index contributed by atoms with van der Waals surface area (Å²) in [6.45, 7) is 11.4. The summed E-state index contributed by atoms with van der Waals surface area (Å²) in [5.74, 6) is -0.0625. The second-order valence-electron chi connectivity index (χ2n) is 6.90. The molecule has 0 fully saturated rings. The van der Waals surface area contributed by atoms with Crippen molar-refractivity contribution >= 4 is 16.7 Å². The number of carbonyl (C=O) groups excluding carboxylic acids is 1. The number of fused-ring (bicyclic) bond motifs is 1. The molecular weight excluding hydrogens is 526 g/mol. The second-order valence-corrected chi connectivity index (χ2v) is 6.90. The maximum Gasteiger partial charge on any atom is 0.155 e. The third-order valence-electron chi connectivity index (χ3n) is 4.35. The standard InChI is InChI=1S/C19H18N.C5H8O2.Ir/c1-12-10-14(3)16-8-9-18(20-19(16)11-12)17-7-5-6-13(2)15(17)4;1-4(6)3-5(2)7;/h5-6,8-11H,1-4H3;3,6H,1-2H3;/q-1;;/b;4-3-;. The SMILES string of the molecule is CC(=O)/C=C(/C)O.Cc1cc(C)c2ccc(-c3[c-]ccc(C)c3C)nc2c1.[Ir]. The summed E-state index contributed by atoms with van der Waals surface area (Å²) in [7, 11) is 0. The van der Waals surface area contributed by atoms with Gasteiger partial charge in [-0.05, 0) is 50.6 Å². The molecule has 1 radical (unpaired) electrons. The molecular formula is C24H26IrNO2-. The van der Waals surface area contributed by atoms with E-state index in [-0.39, 0.29) is 31.6 Å². The van der Waals surface area contributed by atoms with Gasteiger partial charge in [0.25, 0.3) is 0 Å². The van der Waals surface area contributed by atoms with Gasteiger partial charge in [0.2, 0.25) is 0 Å². The van der Waals surface area contributed by atoms with Gasteiger partial charge in [-0.25, -0.2) is 0 Å². The van der Waals surface area contributed by atoms with Crippen LogP contribution in [0.25, 0.3) is 22.2 Å². The van der Waals surface area contributed by atoms with Crippen LogP contribution in [0.3, 0.4) is 0 Å². The molecule has 0 aliphatic heterocycles. The number of benzene rings is 2. The molecule has 2 aromatic carbocycles. The zero-order chi connectivity index (χ0) is 20.1.